The van der Waals surface area contributed by atoms with Crippen molar-refractivity contribution in [3.8, 4) is 11.5 Å². The number of H-pyrrole nitrogens is 1. The number of aromatic nitrogens is 2. The van der Waals surface area contributed by atoms with Crippen LogP contribution in [-0.2, 0) is 13.0 Å². The Morgan fingerprint density at radius 3 is 2.39 bits per heavy atom. The number of nitrogen functional groups attached to an aromatic ring is 1. The minimum Gasteiger partial charge on any atom is -0.493 e. The molecular weight excluding hydrogens is 434 g/mol. The first-order chi connectivity index (χ1) is 10.9. The summed E-state index contributed by atoms with van der Waals surface area (Å²) in [6.07, 6.45) is 0.504. The Kier molecular flexibility index (Phi) is 5.53. The van der Waals surface area contributed by atoms with Crippen molar-refractivity contribution < 1.29 is 9.47 Å². The van der Waals surface area contributed by atoms with Crippen LogP contribution >= 0.6 is 31.9 Å². The van der Waals surface area contributed by atoms with Gasteiger partial charge in [0.05, 0.1) is 14.2 Å². The average molecular weight is 449 g/mol. The maximum Gasteiger partial charge on any atom is 0.329 e. The second kappa shape index (κ2) is 7.22. The molecule has 7 nitrogen and oxygen atoms in total. The minimum atomic E-state index is -0.549. The van der Waals surface area contributed by atoms with Crippen LogP contribution < -0.4 is 26.5 Å². The van der Waals surface area contributed by atoms with Gasteiger partial charge in [0.15, 0.2) is 11.5 Å². The van der Waals surface area contributed by atoms with Gasteiger partial charge < -0.3 is 15.2 Å². The Morgan fingerprint density at radius 1 is 1.17 bits per heavy atom. The normalized spacial score (nSPS) is 10.6. The van der Waals surface area contributed by atoms with Crippen molar-refractivity contribution >= 4 is 37.7 Å². The maximum atomic E-state index is 11.9. The summed E-state index contributed by atoms with van der Waals surface area (Å²) in [5, 5.41) is 0. The summed E-state index contributed by atoms with van der Waals surface area (Å²) in [7, 11) is 3.11. The molecule has 0 bridgehead atoms. The Labute approximate surface area is 148 Å². The molecule has 0 spiro atoms. The van der Waals surface area contributed by atoms with Gasteiger partial charge in [-0.25, -0.2) is 4.79 Å². The molecule has 0 aliphatic rings. The molecule has 124 valence electrons. The number of nitrogens with two attached hydrogens (primary N) is 1. The SMILES string of the molecule is COc1cc(Br)c(CCn2c(N)c(Br)c(=O)[nH]c2=O)cc1OC. The fourth-order valence-electron chi connectivity index (χ4n) is 2.11. The molecular formula is C14H15Br2N3O4. The highest BCUT2D eigenvalue weighted by atomic mass is 79.9. The predicted molar refractivity (Wildman–Crippen MR) is 94.4 cm³/mol. The van der Waals surface area contributed by atoms with Crippen molar-refractivity contribution in [2.24, 2.45) is 0 Å². The Bertz CT molecular complexity index is 845. The van der Waals surface area contributed by atoms with Gasteiger partial charge in [0.1, 0.15) is 10.3 Å². The summed E-state index contributed by atoms with van der Waals surface area (Å²) in [4.78, 5) is 25.6. The van der Waals surface area contributed by atoms with Gasteiger partial charge in [-0.3, -0.25) is 14.3 Å². The van der Waals surface area contributed by atoms with Crippen LogP contribution in [0.25, 0.3) is 0 Å². The summed E-state index contributed by atoms with van der Waals surface area (Å²) in [6.45, 7) is 0.300. The number of rotatable bonds is 5. The number of aryl methyl sites for hydroxylation is 1. The summed E-state index contributed by atoms with van der Waals surface area (Å²) in [5.74, 6) is 1.29. The highest BCUT2D eigenvalue weighted by molar-refractivity contribution is 9.10. The maximum absolute atomic E-state index is 11.9. The highest BCUT2D eigenvalue weighted by Gasteiger charge is 2.13. The second-order valence-electron chi connectivity index (χ2n) is 4.66. The molecule has 1 heterocycles. The highest BCUT2D eigenvalue weighted by Crippen LogP contribution is 2.33. The number of nitrogens with zero attached hydrogens (tertiary/aromatic N) is 1. The van der Waals surface area contributed by atoms with Crippen LogP contribution in [0.1, 0.15) is 5.56 Å². The molecule has 0 fully saturated rings. The molecule has 0 radical (unpaired) electrons. The minimum absolute atomic E-state index is 0.0929. The van der Waals surface area contributed by atoms with E-state index in [0.717, 1.165) is 10.0 Å². The molecule has 3 N–H and O–H groups in total. The van der Waals surface area contributed by atoms with Crippen LogP contribution in [0, 0.1) is 0 Å². The third-order valence-electron chi connectivity index (χ3n) is 3.34. The van der Waals surface area contributed by atoms with Gasteiger partial charge in [-0.2, -0.15) is 0 Å². The largest absolute Gasteiger partial charge is 0.493 e. The van der Waals surface area contributed by atoms with Crippen molar-refractivity contribution in [2.75, 3.05) is 20.0 Å². The zero-order valence-corrected chi connectivity index (χ0v) is 15.7. The topological polar surface area (TPSA) is 99.3 Å². The van der Waals surface area contributed by atoms with Crippen LogP contribution in [-0.4, -0.2) is 23.8 Å². The number of anilines is 1. The van der Waals surface area contributed by atoms with Crippen molar-refractivity contribution in [1.29, 1.82) is 0 Å². The molecule has 0 saturated carbocycles. The van der Waals surface area contributed by atoms with Crippen molar-refractivity contribution in [1.82, 2.24) is 9.55 Å². The number of halogens is 2. The quantitative estimate of drug-likeness (QED) is 0.727. The molecule has 0 aliphatic heterocycles. The van der Waals surface area contributed by atoms with E-state index in [2.05, 4.69) is 36.8 Å². The zero-order chi connectivity index (χ0) is 17.1. The molecule has 0 atom stereocenters. The smallest absolute Gasteiger partial charge is 0.329 e. The summed E-state index contributed by atoms with van der Waals surface area (Å²) in [6, 6.07) is 3.62. The van der Waals surface area contributed by atoms with E-state index in [0.29, 0.717) is 24.5 Å². The summed E-state index contributed by atoms with van der Waals surface area (Å²) >= 11 is 6.54. The predicted octanol–water partition coefficient (Wildman–Crippen LogP) is 1.90. The van der Waals surface area contributed by atoms with E-state index < -0.39 is 11.2 Å². The first-order valence-corrected chi connectivity index (χ1v) is 8.16. The number of methoxy groups -OCH3 is 2. The number of ether oxygens (including phenoxy) is 2. The molecule has 0 saturated heterocycles. The van der Waals surface area contributed by atoms with Gasteiger partial charge in [-0.1, -0.05) is 15.9 Å². The fourth-order valence-corrected chi connectivity index (χ4v) is 2.94. The molecule has 1 aromatic heterocycles. The van der Waals surface area contributed by atoms with E-state index in [9.17, 15) is 9.59 Å². The van der Waals surface area contributed by atoms with Gasteiger partial charge in [0, 0.05) is 11.0 Å². The van der Waals surface area contributed by atoms with Crippen LogP contribution in [0.5, 0.6) is 11.5 Å². The standard InChI is InChI=1S/C14H15Br2N3O4/c1-22-9-5-7(8(15)6-10(9)23-2)3-4-19-12(17)11(16)13(20)18-14(19)21/h5-6H,3-4,17H2,1-2H3,(H,18,20,21). The van der Waals surface area contributed by atoms with Crippen LogP contribution in [0.4, 0.5) is 5.82 Å². The van der Waals surface area contributed by atoms with Crippen LogP contribution in [0.3, 0.4) is 0 Å². The van der Waals surface area contributed by atoms with E-state index in [1.165, 1.54) is 4.57 Å². The van der Waals surface area contributed by atoms with Gasteiger partial charge in [0.2, 0.25) is 0 Å². The summed E-state index contributed by atoms with van der Waals surface area (Å²) < 4.78 is 12.8. The van der Waals surface area contributed by atoms with Crippen LogP contribution in [0.15, 0.2) is 30.7 Å². The van der Waals surface area contributed by atoms with Crippen LogP contribution in [0.2, 0.25) is 0 Å². The van der Waals surface area contributed by atoms with Crippen molar-refractivity contribution in [3.63, 3.8) is 0 Å². The molecule has 2 rings (SSSR count). The second-order valence-corrected chi connectivity index (χ2v) is 6.31. The van der Waals surface area contributed by atoms with E-state index in [-0.39, 0.29) is 10.3 Å². The molecule has 23 heavy (non-hydrogen) atoms. The molecule has 0 amide bonds. The van der Waals surface area contributed by atoms with E-state index in [4.69, 9.17) is 15.2 Å². The Hall–Kier alpha value is -1.74. The lowest BCUT2D eigenvalue weighted by atomic mass is 10.1. The molecule has 0 unspecified atom stereocenters. The molecule has 9 heteroatoms. The van der Waals surface area contributed by atoms with E-state index >= 15 is 0 Å². The molecule has 1 aromatic carbocycles. The van der Waals surface area contributed by atoms with Gasteiger partial charge in [0.25, 0.3) is 5.56 Å². The number of hydrogen-bond donors (Lipinski definition) is 2. The van der Waals surface area contributed by atoms with E-state index in [1.807, 2.05) is 6.07 Å². The van der Waals surface area contributed by atoms with Gasteiger partial charge >= 0.3 is 5.69 Å². The Morgan fingerprint density at radius 2 is 1.78 bits per heavy atom. The van der Waals surface area contributed by atoms with E-state index in [1.54, 1.807) is 20.3 Å². The Balaban J connectivity index is 2.34. The molecule has 0 aliphatic carbocycles. The van der Waals surface area contributed by atoms with Gasteiger partial charge in [-0.05, 0) is 40.0 Å². The van der Waals surface area contributed by atoms with Crippen molar-refractivity contribution in [2.45, 2.75) is 13.0 Å². The van der Waals surface area contributed by atoms with Gasteiger partial charge in [-0.15, -0.1) is 0 Å². The first-order valence-electron chi connectivity index (χ1n) is 6.57. The third kappa shape index (κ3) is 3.61. The lowest BCUT2D eigenvalue weighted by molar-refractivity contribution is 0.354. The number of benzene rings is 1. The summed E-state index contributed by atoms with van der Waals surface area (Å²) in [5.41, 5.74) is 5.65. The first kappa shape index (κ1) is 17.6. The fraction of sp³-hybridized carbons (Fsp3) is 0.286. The number of nitrogens with one attached hydrogen (secondary N) is 1. The number of hydrogen-bond acceptors (Lipinski definition) is 5. The average Bonchev–Trinajstić information content (AvgIpc) is 2.53. The molecule has 2 aromatic rings. The zero-order valence-electron chi connectivity index (χ0n) is 12.5. The third-order valence-corrected chi connectivity index (χ3v) is 4.84. The monoisotopic (exact) mass is 447 g/mol. The lowest BCUT2D eigenvalue weighted by Gasteiger charge is -2.13. The van der Waals surface area contributed by atoms with Crippen molar-refractivity contribution in [3.05, 3.63) is 47.5 Å². The lowest BCUT2D eigenvalue weighted by Crippen LogP contribution is -2.33. The number of aromatic amines is 1.